The second-order valence-corrected chi connectivity index (χ2v) is 5.64. The molecule has 1 aliphatic heterocycles. The Hall–Kier alpha value is -1.55. The van der Waals surface area contributed by atoms with Crippen LogP contribution in [0.5, 0.6) is 0 Å². The summed E-state index contributed by atoms with van der Waals surface area (Å²) in [7, 11) is 2.12. The van der Waals surface area contributed by atoms with Crippen molar-refractivity contribution in [2.24, 2.45) is 11.7 Å². The zero-order valence-corrected chi connectivity index (χ0v) is 11.9. The lowest BCUT2D eigenvalue weighted by molar-refractivity contribution is -0.121. The molecule has 0 fully saturated rings. The number of fused-ring (bicyclic) bond motifs is 1. The third kappa shape index (κ3) is 3.07. The van der Waals surface area contributed by atoms with Crippen LogP contribution < -0.4 is 16.0 Å². The van der Waals surface area contributed by atoms with Crippen LogP contribution in [0.15, 0.2) is 18.2 Å². The minimum absolute atomic E-state index is 0.207. The molecule has 19 heavy (non-hydrogen) atoms. The quantitative estimate of drug-likeness (QED) is 0.839. The van der Waals surface area contributed by atoms with E-state index in [4.69, 9.17) is 5.73 Å². The maximum absolute atomic E-state index is 11.3. The lowest BCUT2D eigenvalue weighted by atomic mass is 10.0. The molecular weight excluding hydrogens is 238 g/mol. The monoisotopic (exact) mass is 261 g/mol. The van der Waals surface area contributed by atoms with Crippen molar-refractivity contribution in [2.45, 2.75) is 32.9 Å². The topological polar surface area (TPSA) is 58.4 Å². The van der Waals surface area contributed by atoms with E-state index in [0.717, 1.165) is 13.0 Å². The molecule has 4 nitrogen and oxygen atoms in total. The van der Waals surface area contributed by atoms with Crippen LogP contribution in [-0.4, -0.2) is 25.5 Å². The molecule has 1 heterocycles. The highest BCUT2D eigenvalue weighted by atomic mass is 16.1. The first-order chi connectivity index (χ1) is 8.99. The molecule has 0 spiro atoms. The van der Waals surface area contributed by atoms with Crippen LogP contribution in [0.25, 0.3) is 0 Å². The standard InChI is InChI=1S/C15H23N3O/c1-10(2)14(15(16)19)17-9-11-4-5-13-12(8-11)6-7-18(13)3/h4-5,8,10,14,17H,6-7,9H2,1-3H3,(H2,16,19). The Bertz CT molecular complexity index is 470. The van der Waals surface area contributed by atoms with E-state index in [9.17, 15) is 4.79 Å². The number of carbonyl (C=O) groups excluding carboxylic acids is 1. The fraction of sp³-hybridized carbons (Fsp3) is 0.533. The van der Waals surface area contributed by atoms with Crippen LogP contribution in [0.3, 0.4) is 0 Å². The molecule has 104 valence electrons. The smallest absolute Gasteiger partial charge is 0.234 e. The molecule has 2 rings (SSSR count). The van der Waals surface area contributed by atoms with Crippen molar-refractivity contribution in [3.63, 3.8) is 0 Å². The van der Waals surface area contributed by atoms with Gasteiger partial charge in [0.25, 0.3) is 0 Å². The normalized spacial score (nSPS) is 15.7. The number of amides is 1. The van der Waals surface area contributed by atoms with Gasteiger partial charge in [-0.05, 0) is 29.5 Å². The molecule has 4 heteroatoms. The second-order valence-electron chi connectivity index (χ2n) is 5.64. The van der Waals surface area contributed by atoms with Gasteiger partial charge in [0.15, 0.2) is 0 Å². The molecular formula is C15H23N3O. The average molecular weight is 261 g/mol. The van der Waals surface area contributed by atoms with Gasteiger partial charge >= 0.3 is 0 Å². The highest BCUT2D eigenvalue weighted by molar-refractivity contribution is 5.80. The predicted molar refractivity (Wildman–Crippen MR) is 78.1 cm³/mol. The van der Waals surface area contributed by atoms with E-state index in [1.807, 2.05) is 13.8 Å². The Balaban J connectivity index is 2.02. The van der Waals surface area contributed by atoms with Crippen molar-refractivity contribution in [2.75, 3.05) is 18.5 Å². The van der Waals surface area contributed by atoms with Crippen molar-refractivity contribution in [3.05, 3.63) is 29.3 Å². The summed E-state index contributed by atoms with van der Waals surface area (Å²) in [5.41, 5.74) is 9.32. The van der Waals surface area contributed by atoms with Gasteiger partial charge in [-0.1, -0.05) is 26.0 Å². The maximum Gasteiger partial charge on any atom is 0.234 e. The number of carbonyl (C=O) groups is 1. The SMILES string of the molecule is CC(C)C(NCc1ccc2c(c1)CCN2C)C(N)=O. The molecule has 1 unspecified atom stereocenters. The summed E-state index contributed by atoms with van der Waals surface area (Å²) in [6.45, 7) is 5.77. The fourth-order valence-electron chi connectivity index (χ4n) is 2.62. The lowest BCUT2D eigenvalue weighted by Crippen LogP contribution is -2.44. The van der Waals surface area contributed by atoms with Crippen LogP contribution in [0, 0.1) is 5.92 Å². The molecule has 3 N–H and O–H groups in total. The van der Waals surface area contributed by atoms with Crippen molar-refractivity contribution in [3.8, 4) is 0 Å². The van der Waals surface area contributed by atoms with E-state index in [1.165, 1.54) is 16.8 Å². The summed E-state index contributed by atoms with van der Waals surface area (Å²) < 4.78 is 0. The van der Waals surface area contributed by atoms with Gasteiger partial charge in [0, 0.05) is 25.8 Å². The third-order valence-corrected chi connectivity index (χ3v) is 3.77. The van der Waals surface area contributed by atoms with Crippen LogP contribution in [0.1, 0.15) is 25.0 Å². The average Bonchev–Trinajstić information content (AvgIpc) is 2.70. The predicted octanol–water partition coefficient (Wildman–Crippen LogP) is 1.28. The molecule has 1 amide bonds. The van der Waals surface area contributed by atoms with Crippen LogP contribution in [0.2, 0.25) is 0 Å². The fourth-order valence-corrected chi connectivity index (χ4v) is 2.62. The largest absolute Gasteiger partial charge is 0.374 e. The van der Waals surface area contributed by atoms with Crippen LogP contribution >= 0.6 is 0 Å². The van der Waals surface area contributed by atoms with E-state index in [1.54, 1.807) is 0 Å². The number of nitrogens with one attached hydrogen (secondary N) is 1. The minimum atomic E-state index is -0.282. The molecule has 1 atom stereocenters. The van der Waals surface area contributed by atoms with E-state index >= 15 is 0 Å². The maximum atomic E-state index is 11.3. The van der Waals surface area contributed by atoms with Crippen molar-refractivity contribution < 1.29 is 4.79 Å². The number of nitrogens with two attached hydrogens (primary N) is 1. The Morgan fingerprint density at radius 3 is 2.84 bits per heavy atom. The number of nitrogens with zero attached hydrogens (tertiary/aromatic N) is 1. The Labute approximate surface area is 115 Å². The summed E-state index contributed by atoms with van der Waals surface area (Å²) in [5.74, 6) is -0.0750. The zero-order chi connectivity index (χ0) is 14.0. The highest BCUT2D eigenvalue weighted by Gasteiger charge is 2.19. The molecule has 0 radical (unpaired) electrons. The lowest BCUT2D eigenvalue weighted by Gasteiger charge is -2.19. The number of hydrogen-bond acceptors (Lipinski definition) is 3. The van der Waals surface area contributed by atoms with E-state index in [0.29, 0.717) is 6.54 Å². The summed E-state index contributed by atoms with van der Waals surface area (Å²) >= 11 is 0. The van der Waals surface area contributed by atoms with Gasteiger partial charge in [0.2, 0.25) is 5.91 Å². The number of likely N-dealkylation sites (N-methyl/N-ethyl adjacent to an activating group) is 1. The molecule has 0 aromatic heterocycles. The Kier molecular flexibility index (Phi) is 4.10. The molecule has 0 bridgehead atoms. The van der Waals surface area contributed by atoms with Gasteiger partial charge in [-0.25, -0.2) is 0 Å². The molecule has 0 saturated heterocycles. The van der Waals surface area contributed by atoms with Crippen molar-refractivity contribution in [1.82, 2.24) is 5.32 Å². The number of hydrogen-bond donors (Lipinski definition) is 2. The van der Waals surface area contributed by atoms with Gasteiger partial charge in [-0.3, -0.25) is 4.79 Å². The van der Waals surface area contributed by atoms with Crippen LogP contribution in [-0.2, 0) is 17.8 Å². The number of anilines is 1. The zero-order valence-electron chi connectivity index (χ0n) is 11.9. The summed E-state index contributed by atoms with van der Waals surface area (Å²) in [6, 6.07) is 6.24. The first-order valence-corrected chi connectivity index (χ1v) is 6.84. The van der Waals surface area contributed by atoms with Crippen molar-refractivity contribution >= 4 is 11.6 Å². The number of rotatable bonds is 5. The third-order valence-electron chi connectivity index (χ3n) is 3.77. The van der Waals surface area contributed by atoms with Gasteiger partial charge in [0.1, 0.15) is 0 Å². The summed E-state index contributed by atoms with van der Waals surface area (Å²) in [6.07, 6.45) is 1.10. The van der Waals surface area contributed by atoms with Gasteiger partial charge in [0.05, 0.1) is 6.04 Å². The Morgan fingerprint density at radius 2 is 2.21 bits per heavy atom. The van der Waals surface area contributed by atoms with E-state index < -0.39 is 0 Å². The second kappa shape index (κ2) is 5.61. The van der Waals surface area contributed by atoms with Crippen LogP contribution in [0.4, 0.5) is 5.69 Å². The first-order valence-electron chi connectivity index (χ1n) is 6.84. The van der Waals surface area contributed by atoms with E-state index in [2.05, 4.69) is 35.5 Å². The number of benzene rings is 1. The van der Waals surface area contributed by atoms with E-state index in [-0.39, 0.29) is 17.9 Å². The molecule has 1 aliphatic rings. The van der Waals surface area contributed by atoms with Gasteiger partial charge < -0.3 is 16.0 Å². The number of primary amides is 1. The summed E-state index contributed by atoms with van der Waals surface area (Å²) in [5, 5.41) is 3.25. The summed E-state index contributed by atoms with van der Waals surface area (Å²) in [4.78, 5) is 13.6. The highest BCUT2D eigenvalue weighted by Crippen LogP contribution is 2.27. The first kappa shape index (κ1) is 13.9. The molecule has 1 aromatic carbocycles. The minimum Gasteiger partial charge on any atom is -0.374 e. The molecule has 0 saturated carbocycles. The molecule has 0 aliphatic carbocycles. The van der Waals surface area contributed by atoms with Crippen molar-refractivity contribution in [1.29, 1.82) is 0 Å². The molecule has 1 aromatic rings. The van der Waals surface area contributed by atoms with Gasteiger partial charge in [-0.2, -0.15) is 0 Å². The Morgan fingerprint density at radius 1 is 1.47 bits per heavy atom. The van der Waals surface area contributed by atoms with Gasteiger partial charge in [-0.15, -0.1) is 0 Å².